The fraction of sp³-hybridized carbons (Fsp3) is 0.167. The number of nitrogens with zero attached hydrogens (tertiary/aromatic N) is 1. The molecule has 0 aliphatic carbocycles. The Kier molecular flexibility index (Phi) is 4.59. The van der Waals surface area contributed by atoms with Gasteiger partial charge in [-0.1, -0.05) is 22.0 Å². The predicted octanol–water partition coefficient (Wildman–Crippen LogP) is 3.50. The van der Waals surface area contributed by atoms with Crippen LogP contribution in [-0.4, -0.2) is 29.3 Å². The average molecular weight is 403 g/mol. The van der Waals surface area contributed by atoms with Crippen LogP contribution in [0.5, 0.6) is 0 Å². The van der Waals surface area contributed by atoms with E-state index >= 15 is 0 Å². The largest absolute Gasteiger partial charge is 0.457 e. The van der Waals surface area contributed by atoms with Crippen molar-refractivity contribution in [2.75, 3.05) is 6.54 Å². The molecule has 25 heavy (non-hydrogen) atoms. The summed E-state index contributed by atoms with van der Waals surface area (Å²) >= 11 is 3.45. The molecule has 0 saturated carbocycles. The minimum atomic E-state index is -0.725. The van der Waals surface area contributed by atoms with Crippen molar-refractivity contribution in [3.8, 4) is 11.3 Å². The van der Waals surface area contributed by atoms with E-state index in [4.69, 9.17) is 4.42 Å². The van der Waals surface area contributed by atoms with Crippen LogP contribution in [-0.2, 0) is 9.59 Å². The van der Waals surface area contributed by atoms with Gasteiger partial charge in [0.05, 0.1) is 0 Å². The molecular formula is C18H15BrN2O4. The first kappa shape index (κ1) is 17.2. The second-order valence-corrected chi connectivity index (χ2v) is 6.39. The summed E-state index contributed by atoms with van der Waals surface area (Å²) < 4.78 is 6.73. The number of hydrogen-bond acceptors (Lipinski definition) is 4. The molecule has 0 spiro atoms. The van der Waals surface area contributed by atoms with Crippen molar-refractivity contribution in [3.63, 3.8) is 0 Å². The molecule has 4 amide bonds. The number of likely N-dealkylation sites (N-methyl/N-ethyl adjacent to an activating group) is 1. The fourth-order valence-electron chi connectivity index (χ4n) is 2.51. The van der Waals surface area contributed by atoms with Crippen LogP contribution in [0.1, 0.15) is 18.2 Å². The molecule has 2 heterocycles. The molecule has 0 bridgehead atoms. The highest BCUT2D eigenvalue weighted by molar-refractivity contribution is 9.10. The molecule has 1 saturated heterocycles. The highest BCUT2D eigenvalue weighted by atomic mass is 79.9. The summed E-state index contributed by atoms with van der Waals surface area (Å²) in [5, 5.41) is 2.15. The number of carbonyl (C=O) groups excluding carboxylic acids is 3. The van der Waals surface area contributed by atoms with E-state index in [1.807, 2.05) is 25.1 Å². The molecule has 0 radical (unpaired) electrons. The topological polar surface area (TPSA) is 79.6 Å². The van der Waals surface area contributed by atoms with Crippen LogP contribution in [0, 0.1) is 6.92 Å². The lowest BCUT2D eigenvalue weighted by molar-refractivity contribution is -0.129. The van der Waals surface area contributed by atoms with Crippen molar-refractivity contribution in [2.24, 2.45) is 0 Å². The van der Waals surface area contributed by atoms with E-state index in [0.717, 1.165) is 20.5 Å². The monoisotopic (exact) mass is 402 g/mol. The molecule has 1 aliphatic rings. The van der Waals surface area contributed by atoms with E-state index in [9.17, 15) is 14.4 Å². The number of rotatable bonds is 3. The van der Waals surface area contributed by atoms with E-state index in [1.165, 1.54) is 6.08 Å². The van der Waals surface area contributed by atoms with Crippen LogP contribution >= 0.6 is 15.9 Å². The SMILES string of the molecule is CCN1C(=O)NC(=O)/C(=C\c2ccc(-c3ccc(Br)c(C)c3)o2)C1=O. The molecule has 0 unspecified atom stereocenters. The van der Waals surface area contributed by atoms with Crippen molar-refractivity contribution in [1.82, 2.24) is 10.2 Å². The normalized spacial score (nSPS) is 16.5. The maximum atomic E-state index is 12.3. The summed E-state index contributed by atoms with van der Waals surface area (Å²) in [6.07, 6.45) is 1.35. The maximum Gasteiger partial charge on any atom is 0.331 e. The van der Waals surface area contributed by atoms with Gasteiger partial charge in [-0.25, -0.2) is 4.79 Å². The molecule has 1 fully saturated rings. The lowest BCUT2D eigenvalue weighted by Gasteiger charge is -2.24. The van der Waals surface area contributed by atoms with Gasteiger partial charge in [0.1, 0.15) is 17.1 Å². The van der Waals surface area contributed by atoms with E-state index in [2.05, 4.69) is 21.2 Å². The van der Waals surface area contributed by atoms with E-state index < -0.39 is 17.8 Å². The Balaban J connectivity index is 1.93. The second kappa shape index (κ2) is 6.68. The Morgan fingerprint density at radius 2 is 1.96 bits per heavy atom. The number of urea groups is 1. The number of aryl methyl sites for hydroxylation is 1. The molecule has 1 aromatic carbocycles. The van der Waals surface area contributed by atoms with Crippen LogP contribution in [0.4, 0.5) is 4.79 Å². The van der Waals surface area contributed by atoms with Gasteiger partial charge in [-0.05, 0) is 49.8 Å². The summed E-state index contributed by atoms with van der Waals surface area (Å²) in [7, 11) is 0. The predicted molar refractivity (Wildman–Crippen MR) is 95.5 cm³/mol. The van der Waals surface area contributed by atoms with Crippen LogP contribution in [0.15, 0.2) is 44.8 Å². The smallest absolute Gasteiger partial charge is 0.331 e. The Bertz CT molecular complexity index is 914. The third-order valence-electron chi connectivity index (χ3n) is 3.86. The first-order valence-corrected chi connectivity index (χ1v) is 8.45. The number of hydrogen-bond donors (Lipinski definition) is 1. The van der Waals surface area contributed by atoms with Crippen LogP contribution in [0.2, 0.25) is 0 Å². The summed E-state index contributed by atoms with van der Waals surface area (Å²) in [6.45, 7) is 3.81. The van der Waals surface area contributed by atoms with Crippen molar-refractivity contribution in [2.45, 2.75) is 13.8 Å². The lowest BCUT2D eigenvalue weighted by atomic mass is 10.1. The molecule has 6 nitrogen and oxygen atoms in total. The lowest BCUT2D eigenvalue weighted by Crippen LogP contribution is -2.53. The van der Waals surface area contributed by atoms with Crippen molar-refractivity contribution in [1.29, 1.82) is 0 Å². The van der Waals surface area contributed by atoms with Crippen LogP contribution in [0.25, 0.3) is 17.4 Å². The third kappa shape index (κ3) is 3.28. The van der Waals surface area contributed by atoms with E-state index in [-0.39, 0.29) is 12.1 Å². The van der Waals surface area contributed by atoms with Gasteiger partial charge in [-0.2, -0.15) is 0 Å². The van der Waals surface area contributed by atoms with Gasteiger partial charge in [-0.15, -0.1) is 0 Å². The molecule has 1 aromatic heterocycles. The average Bonchev–Trinajstić information content (AvgIpc) is 3.03. The molecular weight excluding hydrogens is 388 g/mol. The van der Waals surface area contributed by atoms with Gasteiger partial charge in [0, 0.05) is 16.6 Å². The highest BCUT2D eigenvalue weighted by Crippen LogP contribution is 2.27. The summed E-state index contributed by atoms with van der Waals surface area (Å²) in [6, 6.07) is 8.53. The van der Waals surface area contributed by atoms with Crippen LogP contribution in [0.3, 0.4) is 0 Å². The highest BCUT2D eigenvalue weighted by Gasteiger charge is 2.34. The fourth-order valence-corrected chi connectivity index (χ4v) is 2.75. The van der Waals surface area contributed by atoms with E-state index in [1.54, 1.807) is 19.1 Å². The Hall–Kier alpha value is -2.67. The van der Waals surface area contributed by atoms with Gasteiger partial charge >= 0.3 is 6.03 Å². The molecule has 1 N–H and O–H groups in total. The number of furan rings is 1. The first-order chi connectivity index (χ1) is 11.9. The van der Waals surface area contributed by atoms with Crippen molar-refractivity contribution < 1.29 is 18.8 Å². The number of amides is 4. The molecule has 1 aliphatic heterocycles. The number of halogens is 1. The van der Waals surface area contributed by atoms with Gasteiger partial charge in [0.25, 0.3) is 11.8 Å². The minimum absolute atomic E-state index is 0.130. The van der Waals surface area contributed by atoms with Gasteiger partial charge in [0.15, 0.2) is 0 Å². The Morgan fingerprint density at radius 3 is 2.64 bits per heavy atom. The number of nitrogens with one attached hydrogen (secondary N) is 1. The zero-order chi connectivity index (χ0) is 18.1. The quantitative estimate of drug-likeness (QED) is 0.629. The minimum Gasteiger partial charge on any atom is -0.457 e. The van der Waals surface area contributed by atoms with Gasteiger partial charge in [-0.3, -0.25) is 19.8 Å². The number of imide groups is 2. The van der Waals surface area contributed by atoms with E-state index in [0.29, 0.717) is 11.5 Å². The molecule has 128 valence electrons. The summed E-state index contributed by atoms with van der Waals surface area (Å²) in [5.74, 6) is -0.375. The Labute approximate surface area is 152 Å². The number of benzene rings is 1. The first-order valence-electron chi connectivity index (χ1n) is 7.66. The molecule has 3 rings (SSSR count). The molecule has 0 atom stereocenters. The molecule has 7 heteroatoms. The van der Waals surface area contributed by atoms with Gasteiger partial charge in [0.2, 0.25) is 0 Å². The number of carbonyl (C=O) groups is 3. The Morgan fingerprint density at radius 1 is 1.20 bits per heavy atom. The number of barbiturate groups is 1. The molecule has 2 aromatic rings. The summed E-state index contributed by atoms with van der Waals surface area (Å²) in [4.78, 5) is 36.8. The third-order valence-corrected chi connectivity index (χ3v) is 4.75. The standard InChI is InChI=1S/C18H15BrN2O4/c1-3-21-17(23)13(16(22)20-18(21)24)9-12-5-7-15(25-12)11-4-6-14(19)10(2)8-11/h4-9H,3H2,1-2H3,(H,20,22,24)/b13-9+. The van der Waals surface area contributed by atoms with Crippen LogP contribution < -0.4 is 5.32 Å². The maximum absolute atomic E-state index is 12.3. The van der Waals surface area contributed by atoms with Crippen molar-refractivity contribution in [3.05, 3.63) is 51.7 Å². The van der Waals surface area contributed by atoms with Gasteiger partial charge < -0.3 is 4.42 Å². The summed E-state index contributed by atoms with van der Waals surface area (Å²) in [5.41, 5.74) is 1.82. The van der Waals surface area contributed by atoms with Crippen molar-refractivity contribution >= 4 is 39.9 Å². The second-order valence-electron chi connectivity index (χ2n) is 5.53. The zero-order valence-electron chi connectivity index (χ0n) is 13.6. The zero-order valence-corrected chi connectivity index (χ0v) is 15.2.